The molecule has 0 amide bonds. The maximum Gasteiger partial charge on any atom is 0.193 e. The summed E-state index contributed by atoms with van der Waals surface area (Å²) in [5.74, 6) is 2.27. The van der Waals surface area contributed by atoms with Crippen LogP contribution < -0.4 is 5.32 Å². The van der Waals surface area contributed by atoms with Gasteiger partial charge in [0.15, 0.2) is 5.96 Å². The third kappa shape index (κ3) is 5.20. The maximum atomic E-state index is 4.82. The van der Waals surface area contributed by atoms with Gasteiger partial charge in [0.25, 0.3) is 0 Å². The van der Waals surface area contributed by atoms with E-state index in [9.17, 15) is 0 Å². The van der Waals surface area contributed by atoms with E-state index >= 15 is 0 Å². The number of hydrogen-bond acceptors (Lipinski definition) is 3. The van der Waals surface area contributed by atoms with Gasteiger partial charge in [-0.25, -0.2) is 0 Å². The van der Waals surface area contributed by atoms with Crippen molar-refractivity contribution in [3.05, 3.63) is 29.6 Å². The van der Waals surface area contributed by atoms with Gasteiger partial charge in [0.2, 0.25) is 0 Å². The van der Waals surface area contributed by atoms with Gasteiger partial charge in [-0.05, 0) is 38.3 Å². The molecule has 1 fully saturated rings. The summed E-state index contributed by atoms with van der Waals surface area (Å²) >= 11 is 2.09. The van der Waals surface area contributed by atoms with Crippen LogP contribution in [0.25, 0.3) is 0 Å². The van der Waals surface area contributed by atoms with Crippen LogP contribution in [-0.4, -0.2) is 53.0 Å². The molecule has 1 atom stereocenters. The number of guanidine groups is 1. The number of aryl methyl sites for hydroxylation is 1. The number of rotatable bonds is 5. The number of thioether (sulfide) groups is 1. The Morgan fingerprint density at radius 1 is 1.45 bits per heavy atom. The van der Waals surface area contributed by atoms with Crippen LogP contribution in [0.15, 0.2) is 23.3 Å². The molecule has 1 N–H and O–H groups in total. The average molecular weight is 321 g/mol. The van der Waals surface area contributed by atoms with E-state index in [0.717, 1.165) is 49.5 Å². The second-order valence-corrected chi connectivity index (χ2v) is 7.05. The summed E-state index contributed by atoms with van der Waals surface area (Å²) < 4.78 is 0. The van der Waals surface area contributed by atoms with E-state index in [4.69, 9.17) is 4.99 Å². The molecular formula is C17H28N4S. The molecule has 0 aromatic carbocycles. The SMILES string of the molecule is CCNC(=NCCc1ccc(C)nc1)N1CCSC(CC)C1. The molecule has 0 bridgehead atoms. The summed E-state index contributed by atoms with van der Waals surface area (Å²) in [6.07, 6.45) is 4.14. The maximum absolute atomic E-state index is 4.82. The predicted molar refractivity (Wildman–Crippen MR) is 96.8 cm³/mol. The van der Waals surface area contributed by atoms with Gasteiger partial charge in [0.1, 0.15) is 0 Å². The van der Waals surface area contributed by atoms with Gasteiger partial charge in [0, 0.05) is 49.1 Å². The Balaban J connectivity index is 1.92. The van der Waals surface area contributed by atoms with Crippen molar-refractivity contribution in [2.45, 2.75) is 38.9 Å². The summed E-state index contributed by atoms with van der Waals surface area (Å²) in [6.45, 7) is 10.4. The lowest BCUT2D eigenvalue weighted by Gasteiger charge is -2.34. The number of nitrogens with zero attached hydrogens (tertiary/aromatic N) is 3. The highest BCUT2D eigenvalue weighted by Crippen LogP contribution is 2.21. The fourth-order valence-electron chi connectivity index (χ4n) is 2.52. The van der Waals surface area contributed by atoms with Crippen LogP contribution in [0.3, 0.4) is 0 Å². The topological polar surface area (TPSA) is 40.5 Å². The quantitative estimate of drug-likeness (QED) is 0.669. The third-order valence-corrected chi connectivity index (χ3v) is 5.24. The molecule has 1 aliphatic rings. The van der Waals surface area contributed by atoms with Crippen molar-refractivity contribution in [3.8, 4) is 0 Å². The number of hydrogen-bond donors (Lipinski definition) is 1. The minimum Gasteiger partial charge on any atom is -0.357 e. The van der Waals surface area contributed by atoms with Gasteiger partial charge in [-0.2, -0.15) is 11.8 Å². The zero-order chi connectivity index (χ0) is 15.8. The first-order chi connectivity index (χ1) is 10.7. The molecule has 22 heavy (non-hydrogen) atoms. The highest BCUT2D eigenvalue weighted by molar-refractivity contribution is 8.00. The van der Waals surface area contributed by atoms with E-state index in [1.807, 2.05) is 13.1 Å². The Morgan fingerprint density at radius 3 is 3.00 bits per heavy atom. The normalized spacial score (nSPS) is 19.3. The zero-order valence-electron chi connectivity index (χ0n) is 14.0. The van der Waals surface area contributed by atoms with Crippen molar-refractivity contribution >= 4 is 17.7 Å². The molecule has 0 saturated carbocycles. The summed E-state index contributed by atoms with van der Waals surface area (Å²) in [5.41, 5.74) is 2.32. The van der Waals surface area contributed by atoms with E-state index in [1.165, 1.54) is 17.7 Å². The number of aliphatic imine (C=N–C) groups is 1. The molecule has 5 heteroatoms. The van der Waals surface area contributed by atoms with Gasteiger partial charge in [-0.3, -0.25) is 9.98 Å². The lowest BCUT2D eigenvalue weighted by Crippen LogP contribution is -2.48. The second kappa shape index (κ2) is 9.03. The van der Waals surface area contributed by atoms with Crippen LogP contribution in [0.5, 0.6) is 0 Å². The van der Waals surface area contributed by atoms with Crippen molar-refractivity contribution in [2.75, 3.05) is 31.9 Å². The molecule has 0 radical (unpaired) electrons. The molecule has 1 aromatic rings. The number of aromatic nitrogens is 1. The van der Waals surface area contributed by atoms with Crippen LogP contribution in [-0.2, 0) is 6.42 Å². The molecule has 1 aliphatic heterocycles. The van der Waals surface area contributed by atoms with Gasteiger partial charge in [-0.1, -0.05) is 13.0 Å². The van der Waals surface area contributed by atoms with Crippen molar-refractivity contribution in [1.82, 2.24) is 15.2 Å². The lowest BCUT2D eigenvalue weighted by atomic mass is 10.2. The molecule has 2 rings (SSSR count). The van der Waals surface area contributed by atoms with E-state index < -0.39 is 0 Å². The molecule has 0 aliphatic carbocycles. The van der Waals surface area contributed by atoms with Crippen LogP contribution in [0, 0.1) is 6.92 Å². The summed E-state index contributed by atoms with van der Waals surface area (Å²) in [4.78, 5) is 11.6. The minimum atomic E-state index is 0.735. The second-order valence-electron chi connectivity index (χ2n) is 5.64. The van der Waals surface area contributed by atoms with Crippen molar-refractivity contribution in [3.63, 3.8) is 0 Å². The van der Waals surface area contributed by atoms with E-state index in [-0.39, 0.29) is 0 Å². The monoisotopic (exact) mass is 320 g/mol. The summed E-state index contributed by atoms with van der Waals surface area (Å²) in [6, 6.07) is 4.22. The van der Waals surface area contributed by atoms with Gasteiger partial charge < -0.3 is 10.2 Å². The third-order valence-electron chi connectivity index (χ3n) is 3.86. The molecule has 122 valence electrons. The minimum absolute atomic E-state index is 0.735. The number of nitrogens with one attached hydrogen (secondary N) is 1. The van der Waals surface area contributed by atoms with Crippen LogP contribution in [0.4, 0.5) is 0 Å². The molecule has 0 spiro atoms. The van der Waals surface area contributed by atoms with Crippen molar-refractivity contribution < 1.29 is 0 Å². The van der Waals surface area contributed by atoms with Gasteiger partial charge in [-0.15, -0.1) is 0 Å². The molecule has 1 unspecified atom stereocenters. The smallest absolute Gasteiger partial charge is 0.193 e. The average Bonchev–Trinajstić information content (AvgIpc) is 2.56. The van der Waals surface area contributed by atoms with Crippen LogP contribution in [0.2, 0.25) is 0 Å². The predicted octanol–water partition coefficient (Wildman–Crippen LogP) is 2.73. The summed E-state index contributed by atoms with van der Waals surface area (Å²) in [7, 11) is 0. The van der Waals surface area contributed by atoms with Gasteiger partial charge >= 0.3 is 0 Å². The molecule has 2 heterocycles. The first kappa shape index (κ1) is 17.1. The Bertz CT molecular complexity index is 472. The molecule has 1 saturated heterocycles. The highest BCUT2D eigenvalue weighted by atomic mass is 32.2. The van der Waals surface area contributed by atoms with E-state index in [2.05, 4.69) is 52.9 Å². The Kier molecular flexibility index (Phi) is 7.03. The molecule has 4 nitrogen and oxygen atoms in total. The van der Waals surface area contributed by atoms with Crippen molar-refractivity contribution in [1.29, 1.82) is 0 Å². The van der Waals surface area contributed by atoms with Crippen molar-refractivity contribution in [2.24, 2.45) is 4.99 Å². The standard InChI is InChI=1S/C17H28N4S/c1-4-16-13-21(10-11-22-16)17(18-5-2)19-9-8-15-7-6-14(3)20-12-15/h6-7,12,16H,4-5,8-11,13H2,1-3H3,(H,18,19). The van der Waals surface area contributed by atoms with E-state index in [1.54, 1.807) is 0 Å². The highest BCUT2D eigenvalue weighted by Gasteiger charge is 2.21. The van der Waals surface area contributed by atoms with E-state index in [0.29, 0.717) is 0 Å². The molecule has 1 aromatic heterocycles. The Morgan fingerprint density at radius 2 is 2.32 bits per heavy atom. The first-order valence-corrected chi connectivity index (χ1v) is 9.34. The molecular weight excluding hydrogens is 292 g/mol. The van der Waals surface area contributed by atoms with Crippen LogP contribution >= 0.6 is 11.8 Å². The lowest BCUT2D eigenvalue weighted by molar-refractivity contribution is 0.408. The first-order valence-electron chi connectivity index (χ1n) is 8.29. The summed E-state index contributed by atoms with van der Waals surface area (Å²) in [5, 5.41) is 4.18. The zero-order valence-corrected chi connectivity index (χ0v) is 14.8. The van der Waals surface area contributed by atoms with Gasteiger partial charge in [0.05, 0.1) is 0 Å². The Labute approximate surface area is 138 Å². The fourth-order valence-corrected chi connectivity index (χ4v) is 3.70. The largest absolute Gasteiger partial charge is 0.357 e. The fraction of sp³-hybridized carbons (Fsp3) is 0.647. The Hall–Kier alpha value is -1.23. The van der Waals surface area contributed by atoms with Crippen LogP contribution in [0.1, 0.15) is 31.5 Å². The number of pyridine rings is 1.